The van der Waals surface area contributed by atoms with Gasteiger partial charge in [-0.3, -0.25) is 0 Å². The number of phenolic OH excluding ortho intramolecular Hbond substituents is 1. The van der Waals surface area contributed by atoms with Crippen molar-refractivity contribution in [3.05, 3.63) is 71.1 Å². The Bertz CT molecular complexity index is 451. The summed E-state index contributed by atoms with van der Waals surface area (Å²) in [6.07, 6.45) is 3.08. The summed E-state index contributed by atoms with van der Waals surface area (Å²) in [5.74, 6) is 0.184. The monoisotopic (exact) mass is 216 g/mol. The van der Waals surface area contributed by atoms with Gasteiger partial charge in [-0.05, 0) is 23.8 Å². The minimum Gasteiger partial charge on any atom is -0.508 e. The van der Waals surface area contributed by atoms with Crippen LogP contribution in [0.15, 0.2) is 48.5 Å². The van der Waals surface area contributed by atoms with E-state index >= 15 is 0 Å². The van der Waals surface area contributed by atoms with E-state index in [1.165, 1.54) is 0 Å². The van der Waals surface area contributed by atoms with Gasteiger partial charge in [0.15, 0.2) is 0 Å². The Kier molecular flexibility index (Phi) is 2.93. The zero-order valence-corrected chi connectivity index (χ0v) is 8.70. The third kappa shape index (κ3) is 2.51. The molecule has 0 heterocycles. The second-order valence-corrected chi connectivity index (χ2v) is 3.59. The maximum atomic E-state index is 9.58. The molecule has 0 spiro atoms. The largest absolute Gasteiger partial charge is 0.508 e. The molecule has 2 radical (unpaired) electrons. The molecule has 2 rings (SSSR count). The van der Waals surface area contributed by atoms with E-state index in [9.17, 15) is 5.11 Å². The number of halogens is 1. The zero-order chi connectivity index (χ0) is 10.7. The van der Waals surface area contributed by atoms with Crippen LogP contribution in [-0.2, 0) is 0 Å². The van der Waals surface area contributed by atoms with Gasteiger partial charge < -0.3 is 5.11 Å². The Morgan fingerprint density at radius 1 is 1.00 bits per heavy atom. The first-order chi connectivity index (χ1) is 7.25. The Morgan fingerprint density at radius 2 is 1.73 bits per heavy atom. The molecule has 0 atom stereocenters. The summed E-state index contributed by atoms with van der Waals surface area (Å²) < 4.78 is 0. The van der Waals surface area contributed by atoms with Gasteiger partial charge in [0.05, 0.1) is 6.42 Å². The highest BCUT2D eigenvalue weighted by atomic mass is 35.5. The first kappa shape index (κ1) is 10.1. The van der Waals surface area contributed by atoms with Crippen LogP contribution >= 0.6 is 11.6 Å². The third-order valence-corrected chi connectivity index (χ3v) is 2.25. The van der Waals surface area contributed by atoms with Crippen LogP contribution in [0.4, 0.5) is 0 Å². The molecule has 0 aliphatic heterocycles. The Hall–Kier alpha value is -1.47. The third-order valence-electron chi connectivity index (χ3n) is 2.01. The Balaban J connectivity index is 2.28. The van der Waals surface area contributed by atoms with Crippen molar-refractivity contribution in [3.8, 4) is 5.75 Å². The maximum Gasteiger partial charge on any atom is 0.119 e. The summed E-state index contributed by atoms with van der Waals surface area (Å²) in [5, 5.41) is 10.2. The van der Waals surface area contributed by atoms with Gasteiger partial charge in [0, 0.05) is 10.6 Å². The van der Waals surface area contributed by atoms with Crippen molar-refractivity contribution in [2.75, 3.05) is 0 Å². The number of hydrogen-bond donors (Lipinski definition) is 1. The molecule has 0 amide bonds. The van der Waals surface area contributed by atoms with Crippen molar-refractivity contribution in [2.45, 2.75) is 0 Å². The molecular weight excluding hydrogens is 208 g/mol. The van der Waals surface area contributed by atoms with Crippen molar-refractivity contribution >= 4 is 11.6 Å². The molecule has 2 aromatic rings. The van der Waals surface area contributed by atoms with Crippen LogP contribution in [0, 0.1) is 6.42 Å². The molecule has 0 aromatic heterocycles. The molecule has 2 aromatic carbocycles. The summed E-state index contributed by atoms with van der Waals surface area (Å²) >= 11 is 5.83. The molecule has 0 saturated heterocycles. The lowest BCUT2D eigenvalue weighted by Crippen LogP contribution is -1.85. The summed E-state index contributed by atoms with van der Waals surface area (Å²) in [6, 6.07) is 14.5. The fourth-order valence-electron chi connectivity index (χ4n) is 1.29. The van der Waals surface area contributed by atoms with E-state index in [-0.39, 0.29) is 5.75 Å². The van der Waals surface area contributed by atoms with Gasteiger partial charge in [-0.25, -0.2) is 0 Å². The van der Waals surface area contributed by atoms with E-state index in [1.54, 1.807) is 18.2 Å². The second-order valence-electron chi connectivity index (χ2n) is 3.15. The van der Waals surface area contributed by atoms with E-state index < -0.39 is 0 Å². The van der Waals surface area contributed by atoms with Gasteiger partial charge in [-0.1, -0.05) is 41.9 Å². The summed E-state index contributed by atoms with van der Waals surface area (Å²) in [5.41, 5.74) is 1.52. The van der Waals surface area contributed by atoms with E-state index in [4.69, 9.17) is 11.6 Å². The van der Waals surface area contributed by atoms with Crippen molar-refractivity contribution in [1.29, 1.82) is 0 Å². The number of rotatable bonds is 2. The topological polar surface area (TPSA) is 20.2 Å². The van der Waals surface area contributed by atoms with Crippen LogP contribution in [0.5, 0.6) is 5.75 Å². The SMILES string of the molecule is Oc1ccc(Cl)cc1[C]c1ccccc1. The van der Waals surface area contributed by atoms with Gasteiger partial charge >= 0.3 is 0 Å². The molecule has 0 aliphatic carbocycles. The molecule has 0 fully saturated rings. The molecule has 74 valence electrons. The molecule has 0 bridgehead atoms. The standard InChI is InChI=1S/C13H9ClO/c14-12-6-7-13(15)11(9-12)8-10-4-2-1-3-5-10/h1-7,9,15H. The van der Waals surface area contributed by atoms with Gasteiger partial charge in [-0.15, -0.1) is 0 Å². The molecule has 0 aliphatic rings. The van der Waals surface area contributed by atoms with E-state index in [1.807, 2.05) is 30.3 Å². The molecular formula is C13H9ClO. The lowest BCUT2D eigenvalue weighted by atomic mass is 10.0. The van der Waals surface area contributed by atoms with Crippen molar-refractivity contribution in [2.24, 2.45) is 0 Å². The number of benzene rings is 2. The van der Waals surface area contributed by atoms with Crippen molar-refractivity contribution in [1.82, 2.24) is 0 Å². The van der Waals surface area contributed by atoms with Gasteiger partial charge in [0.1, 0.15) is 5.75 Å². The fraction of sp³-hybridized carbons (Fsp3) is 0. The average Bonchev–Trinajstić information content (AvgIpc) is 2.25. The van der Waals surface area contributed by atoms with Crippen LogP contribution in [-0.4, -0.2) is 5.11 Å². The lowest BCUT2D eigenvalue weighted by molar-refractivity contribution is 0.472. The molecule has 1 nitrogen and oxygen atoms in total. The fourth-order valence-corrected chi connectivity index (χ4v) is 1.46. The van der Waals surface area contributed by atoms with E-state index in [2.05, 4.69) is 6.42 Å². The Labute approximate surface area is 94.0 Å². The average molecular weight is 217 g/mol. The van der Waals surface area contributed by atoms with Crippen molar-refractivity contribution < 1.29 is 5.11 Å². The number of phenols is 1. The van der Waals surface area contributed by atoms with E-state index in [0.717, 1.165) is 5.56 Å². The minimum absolute atomic E-state index is 0.184. The quantitative estimate of drug-likeness (QED) is 0.815. The second kappa shape index (κ2) is 4.37. The summed E-state index contributed by atoms with van der Waals surface area (Å²) in [4.78, 5) is 0. The number of hydrogen-bond acceptors (Lipinski definition) is 1. The summed E-state index contributed by atoms with van der Waals surface area (Å²) in [6.45, 7) is 0. The molecule has 15 heavy (non-hydrogen) atoms. The lowest BCUT2D eigenvalue weighted by Gasteiger charge is -2.03. The highest BCUT2D eigenvalue weighted by molar-refractivity contribution is 6.30. The minimum atomic E-state index is 0.184. The van der Waals surface area contributed by atoms with Crippen LogP contribution in [0.3, 0.4) is 0 Å². The van der Waals surface area contributed by atoms with E-state index in [0.29, 0.717) is 10.6 Å². The van der Waals surface area contributed by atoms with Gasteiger partial charge in [-0.2, -0.15) is 0 Å². The van der Waals surface area contributed by atoms with Gasteiger partial charge in [0.25, 0.3) is 0 Å². The zero-order valence-electron chi connectivity index (χ0n) is 7.94. The van der Waals surface area contributed by atoms with Crippen LogP contribution in [0.25, 0.3) is 0 Å². The first-order valence-electron chi connectivity index (χ1n) is 4.56. The highest BCUT2D eigenvalue weighted by Gasteiger charge is 2.03. The summed E-state index contributed by atoms with van der Waals surface area (Å²) in [7, 11) is 0. The van der Waals surface area contributed by atoms with Crippen LogP contribution in [0.2, 0.25) is 5.02 Å². The van der Waals surface area contributed by atoms with Crippen LogP contribution in [0.1, 0.15) is 11.1 Å². The normalized spacial score (nSPS) is 10.2. The molecule has 0 saturated carbocycles. The smallest absolute Gasteiger partial charge is 0.119 e. The molecule has 0 unspecified atom stereocenters. The first-order valence-corrected chi connectivity index (χ1v) is 4.94. The highest BCUT2D eigenvalue weighted by Crippen LogP contribution is 2.25. The van der Waals surface area contributed by atoms with Crippen LogP contribution < -0.4 is 0 Å². The number of aromatic hydroxyl groups is 1. The van der Waals surface area contributed by atoms with Gasteiger partial charge in [0.2, 0.25) is 0 Å². The Morgan fingerprint density at radius 3 is 2.47 bits per heavy atom. The maximum absolute atomic E-state index is 9.58. The molecule has 1 N–H and O–H groups in total. The van der Waals surface area contributed by atoms with Crippen molar-refractivity contribution in [3.63, 3.8) is 0 Å². The predicted molar refractivity (Wildman–Crippen MR) is 61.0 cm³/mol. The predicted octanol–water partition coefficient (Wildman–Crippen LogP) is 3.52. The molecule has 2 heteroatoms.